The van der Waals surface area contributed by atoms with E-state index in [1.54, 1.807) is 36.0 Å². The lowest BCUT2D eigenvalue weighted by Crippen LogP contribution is -2.29. The molecule has 0 bridgehead atoms. The molecule has 1 amide bonds. The highest BCUT2D eigenvalue weighted by molar-refractivity contribution is 7.98. The Hall–Kier alpha value is -3.38. The summed E-state index contributed by atoms with van der Waals surface area (Å²) in [5.74, 6) is -0.788. The van der Waals surface area contributed by atoms with E-state index in [2.05, 4.69) is 0 Å². The van der Waals surface area contributed by atoms with E-state index in [0.29, 0.717) is 22.2 Å². The van der Waals surface area contributed by atoms with E-state index in [1.807, 2.05) is 30.5 Å². The number of anilines is 1. The normalized spacial score (nSPS) is 15.6. The van der Waals surface area contributed by atoms with Crippen LogP contribution in [0.2, 0.25) is 0 Å². The number of hydrogen-bond donors (Lipinski definition) is 0. The molecule has 148 valence electrons. The third kappa shape index (κ3) is 2.83. The van der Waals surface area contributed by atoms with Gasteiger partial charge in [-0.05, 0) is 60.4 Å². The van der Waals surface area contributed by atoms with Crippen LogP contribution in [-0.2, 0) is 0 Å². The van der Waals surface area contributed by atoms with Gasteiger partial charge in [0.05, 0.1) is 17.0 Å². The number of benzene rings is 3. The maximum absolute atomic E-state index is 13.5. The Morgan fingerprint density at radius 3 is 2.33 bits per heavy atom. The number of rotatable bonds is 3. The molecule has 1 atom stereocenters. The van der Waals surface area contributed by atoms with Crippen LogP contribution in [0, 0.1) is 5.82 Å². The zero-order chi connectivity index (χ0) is 20.8. The summed E-state index contributed by atoms with van der Waals surface area (Å²) in [5, 5.41) is 0.427. The first-order chi connectivity index (χ1) is 14.6. The number of hydrogen-bond acceptors (Lipinski definition) is 4. The topological polar surface area (TPSA) is 50.5 Å². The third-order valence-electron chi connectivity index (χ3n) is 5.31. The van der Waals surface area contributed by atoms with Gasteiger partial charge < -0.3 is 4.42 Å². The minimum atomic E-state index is -0.658. The largest absolute Gasteiger partial charge is 0.450 e. The Morgan fingerprint density at radius 1 is 0.933 bits per heavy atom. The van der Waals surface area contributed by atoms with Crippen molar-refractivity contribution in [2.24, 2.45) is 0 Å². The van der Waals surface area contributed by atoms with Gasteiger partial charge in [-0.3, -0.25) is 14.5 Å². The average Bonchev–Trinajstić information content (AvgIpc) is 3.07. The van der Waals surface area contributed by atoms with Gasteiger partial charge in [0.15, 0.2) is 5.43 Å². The fraction of sp³-hybridized carbons (Fsp3) is 0.0833. The second-order valence-electron chi connectivity index (χ2n) is 7.00. The van der Waals surface area contributed by atoms with Crippen LogP contribution in [0.3, 0.4) is 0 Å². The highest BCUT2D eigenvalue weighted by Crippen LogP contribution is 2.41. The molecule has 0 saturated heterocycles. The van der Waals surface area contributed by atoms with Crippen molar-refractivity contribution < 1.29 is 13.6 Å². The second kappa shape index (κ2) is 7.15. The van der Waals surface area contributed by atoms with Crippen LogP contribution in [0.4, 0.5) is 10.1 Å². The van der Waals surface area contributed by atoms with Crippen LogP contribution in [0.15, 0.2) is 86.9 Å². The monoisotopic (exact) mass is 417 g/mol. The van der Waals surface area contributed by atoms with Crippen molar-refractivity contribution in [1.82, 2.24) is 0 Å². The molecular formula is C24H16FNO3S. The average molecular weight is 417 g/mol. The van der Waals surface area contributed by atoms with Crippen molar-refractivity contribution in [3.05, 3.63) is 106 Å². The lowest BCUT2D eigenvalue weighted by atomic mass is 9.98. The van der Waals surface area contributed by atoms with Crippen molar-refractivity contribution in [3.63, 3.8) is 0 Å². The molecule has 0 saturated carbocycles. The van der Waals surface area contributed by atoms with Gasteiger partial charge in [-0.25, -0.2) is 4.39 Å². The Balaban J connectivity index is 1.78. The van der Waals surface area contributed by atoms with Gasteiger partial charge >= 0.3 is 0 Å². The molecule has 3 aromatic carbocycles. The minimum Gasteiger partial charge on any atom is -0.450 e. The molecule has 0 radical (unpaired) electrons. The summed E-state index contributed by atoms with van der Waals surface area (Å²) in [6.07, 6.45) is 1.98. The van der Waals surface area contributed by atoms with Gasteiger partial charge in [0, 0.05) is 10.6 Å². The summed E-state index contributed by atoms with van der Waals surface area (Å²) in [7, 11) is 0. The maximum atomic E-state index is 13.5. The molecule has 1 aliphatic heterocycles. The molecule has 2 heterocycles. The van der Waals surface area contributed by atoms with E-state index in [9.17, 15) is 14.0 Å². The number of carbonyl (C=O) groups is 1. The first kappa shape index (κ1) is 18.6. The highest BCUT2D eigenvalue weighted by atomic mass is 32.2. The van der Waals surface area contributed by atoms with E-state index in [-0.39, 0.29) is 11.2 Å². The summed E-state index contributed by atoms with van der Waals surface area (Å²) in [5.41, 5.74) is 1.72. The number of amides is 1. The van der Waals surface area contributed by atoms with Crippen LogP contribution < -0.4 is 10.3 Å². The van der Waals surface area contributed by atoms with Crippen LogP contribution >= 0.6 is 11.8 Å². The predicted octanol–water partition coefficient (Wildman–Crippen LogP) is 5.40. The van der Waals surface area contributed by atoms with Gasteiger partial charge in [0.25, 0.3) is 5.91 Å². The zero-order valence-corrected chi connectivity index (χ0v) is 16.8. The Labute approximate surface area is 175 Å². The molecule has 4 aromatic rings. The van der Waals surface area contributed by atoms with Gasteiger partial charge in [-0.15, -0.1) is 11.8 Å². The van der Waals surface area contributed by atoms with Gasteiger partial charge in [0.1, 0.15) is 11.4 Å². The molecular weight excluding hydrogens is 401 g/mol. The van der Waals surface area contributed by atoms with E-state index in [4.69, 9.17) is 4.42 Å². The molecule has 6 heteroatoms. The quantitative estimate of drug-likeness (QED) is 0.419. The predicted molar refractivity (Wildman–Crippen MR) is 116 cm³/mol. The summed E-state index contributed by atoms with van der Waals surface area (Å²) in [6.45, 7) is 0. The standard InChI is InChI=1S/C24H16FNO3S/c1-30-17-12-6-14(7-13-17)21-20-22(27)18-4-2-3-5-19(18)29-23(20)24(28)26(21)16-10-8-15(25)9-11-16/h2-13,21H,1H3. The Kier molecular flexibility index (Phi) is 4.44. The highest BCUT2D eigenvalue weighted by Gasteiger charge is 2.43. The molecule has 0 aliphatic carbocycles. The van der Waals surface area contributed by atoms with Crippen LogP contribution in [0.1, 0.15) is 27.7 Å². The number of halogens is 1. The first-order valence-corrected chi connectivity index (χ1v) is 10.6. The molecule has 30 heavy (non-hydrogen) atoms. The first-order valence-electron chi connectivity index (χ1n) is 9.37. The van der Waals surface area contributed by atoms with E-state index >= 15 is 0 Å². The molecule has 0 fully saturated rings. The van der Waals surface area contributed by atoms with Gasteiger partial charge in [-0.1, -0.05) is 24.3 Å². The number of nitrogens with zero attached hydrogens (tertiary/aromatic N) is 1. The maximum Gasteiger partial charge on any atom is 0.295 e. The lowest BCUT2D eigenvalue weighted by Gasteiger charge is -2.25. The minimum absolute atomic E-state index is 0.0296. The van der Waals surface area contributed by atoms with Gasteiger partial charge in [-0.2, -0.15) is 0 Å². The second-order valence-corrected chi connectivity index (χ2v) is 7.88. The fourth-order valence-corrected chi connectivity index (χ4v) is 4.30. The molecule has 1 aromatic heterocycles. The third-order valence-corrected chi connectivity index (χ3v) is 6.06. The van der Waals surface area contributed by atoms with Crippen LogP contribution in [0.5, 0.6) is 0 Å². The van der Waals surface area contributed by atoms with Gasteiger partial charge in [0.2, 0.25) is 5.76 Å². The Bertz CT molecular complexity index is 1330. The van der Waals surface area contributed by atoms with Crippen molar-refractivity contribution in [2.75, 3.05) is 11.2 Å². The molecule has 1 unspecified atom stereocenters. The number of thioether (sulfide) groups is 1. The van der Waals surface area contributed by atoms with Crippen LogP contribution in [0.25, 0.3) is 11.0 Å². The molecule has 1 aliphatic rings. The van der Waals surface area contributed by atoms with Crippen molar-refractivity contribution in [3.8, 4) is 0 Å². The lowest BCUT2D eigenvalue weighted by molar-refractivity contribution is 0.0971. The molecule has 0 spiro atoms. The van der Waals surface area contributed by atoms with E-state index in [0.717, 1.165) is 10.5 Å². The number of para-hydroxylation sites is 1. The summed E-state index contributed by atoms with van der Waals surface area (Å²) >= 11 is 1.61. The zero-order valence-electron chi connectivity index (χ0n) is 16.0. The Morgan fingerprint density at radius 2 is 1.63 bits per heavy atom. The van der Waals surface area contributed by atoms with Crippen LogP contribution in [-0.4, -0.2) is 12.2 Å². The van der Waals surface area contributed by atoms with Crippen molar-refractivity contribution in [1.29, 1.82) is 0 Å². The fourth-order valence-electron chi connectivity index (χ4n) is 3.89. The SMILES string of the molecule is CSc1ccc(C2c3c(oc4ccccc4c3=O)C(=O)N2c2ccc(F)cc2)cc1. The molecule has 0 N–H and O–H groups in total. The number of carbonyl (C=O) groups excluding carboxylic acids is 1. The van der Waals surface area contributed by atoms with E-state index < -0.39 is 17.8 Å². The summed E-state index contributed by atoms with van der Waals surface area (Å²) in [4.78, 5) is 29.4. The molecule has 4 nitrogen and oxygen atoms in total. The van der Waals surface area contributed by atoms with Crippen molar-refractivity contribution >= 4 is 34.3 Å². The summed E-state index contributed by atoms with van der Waals surface area (Å²) in [6, 6.07) is 19.6. The summed E-state index contributed by atoms with van der Waals surface area (Å²) < 4.78 is 19.4. The van der Waals surface area contributed by atoms with E-state index in [1.165, 1.54) is 29.2 Å². The smallest absolute Gasteiger partial charge is 0.295 e. The van der Waals surface area contributed by atoms with Crippen molar-refractivity contribution in [2.45, 2.75) is 10.9 Å². The number of fused-ring (bicyclic) bond motifs is 2. The molecule has 5 rings (SSSR count).